The number of hydrogen-bond acceptors (Lipinski definition) is 3. The SMILES string of the molecule is O=C1NC(=O)c2ccnc3cccc1c23. The van der Waals surface area contributed by atoms with Crippen LogP contribution in [0.25, 0.3) is 10.9 Å². The van der Waals surface area contributed by atoms with Gasteiger partial charge in [-0.2, -0.15) is 0 Å². The van der Waals surface area contributed by atoms with E-state index in [9.17, 15) is 9.59 Å². The predicted molar refractivity (Wildman–Crippen MR) is 53.5 cm³/mol. The Morgan fingerprint density at radius 1 is 1.00 bits per heavy atom. The zero-order valence-corrected chi connectivity index (χ0v) is 7.65. The highest BCUT2D eigenvalue weighted by molar-refractivity contribution is 6.24. The van der Waals surface area contributed by atoms with Crippen molar-refractivity contribution in [2.45, 2.75) is 0 Å². The smallest absolute Gasteiger partial charge is 0.258 e. The monoisotopic (exact) mass is 198 g/mol. The molecule has 0 radical (unpaired) electrons. The second-order valence-electron chi connectivity index (χ2n) is 3.34. The number of rotatable bonds is 0. The second-order valence-corrected chi connectivity index (χ2v) is 3.34. The van der Waals surface area contributed by atoms with Crippen molar-refractivity contribution in [3.8, 4) is 0 Å². The van der Waals surface area contributed by atoms with E-state index < -0.39 is 0 Å². The van der Waals surface area contributed by atoms with Crippen LogP contribution in [-0.2, 0) is 0 Å². The molecule has 0 unspecified atom stereocenters. The first-order valence-electron chi connectivity index (χ1n) is 4.51. The van der Waals surface area contributed by atoms with Crippen LogP contribution < -0.4 is 5.32 Å². The first kappa shape index (κ1) is 8.11. The molecular formula is C11H6N2O2. The Balaban J connectivity index is 2.56. The van der Waals surface area contributed by atoms with Gasteiger partial charge in [0.25, 0.3) is 11.8 Å². The van der Waals surface area contributed by atoms with Gasteiger partial charge in [0.2, 0.25) is 0 Å². The molecule has 0 saturated heterocycles. The van der Waals surface area contributed by atoms with Crippen molar-refractivity contribution in [3.05, 3.63) is 41.6 Å². The molecule has 2 aromatic rings. The molecule has 0 saturated carbocycles. The molecule has 4 heteroatoms. The molecule has 1 aliphatic heterocycles. The Hall–Kier alpha value is -2.23. The fraction of sp³-hybridized carbons (Fsp3) is 0. The zero-order chi connectivity index (χ0) is 10.4. The molecule has 2 heterocycles. The van der Waals surface area contributed by atoms with E-state index in [1.807, 2.05) is 0 Å². The van der Waals surface area contributed by atoms with E-state index in [2.05, 4.69) is 10.3 Å². The number of hydrogen-bond donors (Lipinski definition) is 1. The summed E-state index contributed by atoms with van der Waals surface area (Å²) in [4.78, 5) is 27.2. The molecule has 3 rings (SSSR count). The van der Waals surface area contributed by atoms with Gasteiger partial charge < -0.3 is 0 Å². The fourth-order valence-corrected chi connectivity index (χ4v) is 1.82. The standard InChI is InChI=1S/C11H6N2O2/c14-10-6-2-1-3-8-9(6)7(4-5-12-8)11(15)13-10/h1-5H,(H,13,14,15). The predicted octanol–water partition coefficient (Wildman–Crippen LogP) is 1.12. The van der Waals surface area contributed by atoms with Gasteiger partial charge in [-0.05, 0) is 18.2 Å². The quantitative estimate of drug-likeness (QED) is 0.645. The molecule has 1 aromatic carbocycles. The summed E-state index contributed by atoms with van der Waals surface area (Å²) < 4.78 is 0. The van der Waals surface area contributed by atoms with Crippen LogP contribution in [0.2, 0.25) is 0 Å². The third-order valence-electron chi connectivity index (χ3n) is 2.48. The van der Waals surface area contributed by atoms with Crippen LogP contribution in [0.3, 0.4) is 0 Å². The van der Waals surface area contributed by atoms with Gasteiger partial charge in [-0.25, -0.2) is 0 Å². The second kappa shape index (κ2) is 2.63. The lowest BCUT2D eigenvalue weighted by Crippen LogP contribution is -2.34. The fourth-order valence-electron chi connectivity index (χ4n) is 1.82. The van der Waals surface area contributed by atoms with Gasteiger partial charge in [0.1, 0.15) is 0 Å². The van der Waals surface area contributed by atoms with Crippen molar-refractivity contribution in [1.29, 1.82) is 0 Å². The molecule has 4 nitrogen and oxygen atoms in total. The van der Waals surface area contributed by atoms with Crippen LogP contribution in [0.4, 0.5) is 0 Å². The summed E-state index contributed by atoms with van der Waals surface area (Å²) in [7, 11) is 0. The van der Waals surface area contributed by atoms with Gasteiger partial charge in [0.15, 0.2) is 0 Å². The molecule has 0 fully saturated rings. The minimum absolute atomic E-state index is 0.355. The van der Waals surface area contributed by atoms with Crippen LogP contribution in [-0.4, -0.2) is 16.8 Å². The highest BCUT2D eigenvalue weighted by Gasteiger charge is 2.24. The minimum atomic E-state index is -0.355. The van der Waals surface area contributed by atoms with Gasteiger partial charge in [0.05, 0.1) is 11.1 Å². The van der Waals surface area contributed by atoms with Crippen molar-refractivity contribution < 1.29 is 9.59 Å². The van der Waals surface area contributed by atoms with E-state index >= 15 is 0 Å². The van der Waals surface area contributed by atoms with Crippen LogP contribution in [0.1, 0.15) is 20.7 Å². The van der Waals surface area contributed by atoms with Crippen molar-refractivity contribution in [2.75, 3.05) is 0 Å². The maximum absolute atomic E-state index is 11.5. The summed E-state index contributed by atoms with van der Waals surface area (Å²) in [6, 6.07) is 6.85. The maximum Gasteiger partial charge on any atom is 0.258 e. The Morgan fingerprint density at radius 2 is 1.73 bits per heavy atom. The third-order valence-corrected chi connectivity index (χ3v) is 2.48. The number of carbonyl (C=O) groups excluding carboxylic acids is 2. The molecule has 1 aliphatic rings. The number of pyridine rings is 1. The van der Waals surface area contributed by atoms with Gasteiger partial charge in [-0.3, -0.25) is 19.9 Å². The lowest BCUT2D eigenvalue weighted by atomic mass is 9.99. The maximum atomic E-state index is 11.5. The van der Waals surface area contributed by atoms with Crippen LogP contribution in [0.5, 0.6) is 0 Å². The number of nitrogens with one attached hydrogen (secondary N) is 1. The normalized spacial score (nSPS) is 14.1. The molecule has 0 bridgehead atoms. The first-order chi connectivity index (χ1) is 7.27. The Kier molecular flexibility index (Phi) is 1.42. The number of carbonyl (C=O) groups is 2. The third kappa shape index (κ3) is 0.985. The zero-order valence-electron chi connectivity index (χ0n) is 7.65. The molecule has 0 aliphatic carbocycles. The van der Waals surface area contributed by atoms with Crippen molar-refractivity contribution in [3.63, 3.8) is 0 Å². The van der Waals surface area contributed by atoms with Gasteiger partial charge >= 0.3 is 0 Å². The number of amides is 2. The van der Waals surface area contributed by atoms with Crippen molar-refractivity contribution in [2.24, 2.45) is 0 Å². The molecule has 15 heavy (non-hydrogen) atoms. The summed E-state index contributed by atoms with van der Waals surface area (Å²) >= 11 is 0. The summed E-state index contributed by atoms with van der Waals surface area (Å²) in [6.45, 7) is 0. The number of aromatic nitrogens is 1. The van der Waals surface area contributed by atoms with Gasteiger partial charge in [-0.1, -0.05) is 6.07 Å². The highest BCUT2D eigenvalue weighted by atomic mass is 16.2. The van der Waals surface area contributed by atoms with Crippen LogP contribution in [0.15, 0.2) is 30.5 Å². The summed E-state index contributed by atoms with van der Waals surface area (Å²) in [5.74, 6) is -0.711. The first-order valence-corrected chi connectivity index (χ1v) is 4.51. The molecule has 1 aromatic heterocycles. The van der Waals surface area contributed by atoms with Gasteiger partial charge in [0, 0.05) is 17.1 Å². The molecule has 1 N–H and O–H groups in total. The minimum Gasteiger partial charge on any atom is -0.288 e. The Morgan fingerprint density at radius 3 is 2.53 bits per heavy atom. The number of benzene rings is 1. The topological polar surface area (TPSA) is 59.1 Å². The van der Waals surface area contributed by atoms with Crippen LogP contribution >= 0.6 is 0 Å². The van der Waals surface area contributed by atoms with E-state index in [1.54, 1.807) is 30.5 Å². The Bertz CT molecular complexity index is 556. The average molecular weight is 198 g/mol. The van der Waals surface area contributed by atoms with E-state index in [-0.39, 0.29) is 11.8 Å². The Labute approximate surface area is 84.9 Å². The average Bonchev–Trinajstić information content (AvgIpc) is 2.25. The molecule has 0 spiro atoms. The highest BCUT2D eigenvalue weighted by Crippen LogP contribution is 2.24. The molecule has 2 amide bonds. The lowest BCUT2D eigenvalue weighted by Gasteiger charge is -2.15. The van der Waals surface area contributed by atoms with E-state index in [1.165, 1.54) is 0 Å². The molecule has 0 atom stereocenters. The largest absolute Gasteiger partial charge is 0.288 e. The van der Waals surface area contributed by atoms with Crippen molar-refractivity contribution in [1.82, 2.24) is 10.3 Å². The molecular weight excluding hydrogens is 192 g/mol. The number of imide groups is 1. The lowest BCUT2D eigenvalue weighted by molar-refractivity contribution is 0.0845. The summed E-state index contributed by atoms with van der Waals surface area (Å²) in [6.07, 6.45) is 1.57. The summed E-state index contributed by atoms with van der Waals surface area (Å²) in [5.41, 5.74) is 1.69. The van der Waals surface area contributed by atoms with E-state index in [0.717, 1.165) is 0 Å². The van der Waals surface area contributed by atoms with Gasteiger partial charge in [-0.15, -0.1) is 0 Å². The number of nitrogens with zero attached hydrogens (tertiary/aromatic N) is 1. The summed E-state index contributed by atoms with van der Waals surface area (Å²) in [5, 5.41) is 2.94. The molecule has 72 valence electrons. The van der Waals surface area contributed by atoms with Crippen LogP contribution in [0, 0.1) is 0 Å². The van der Waals surface area contributed by atoms with E-state index in [0.29, 0.717) is 22.0 Å². The van der Waals surface area contributed by atoms with E-state index in [4.69, 9.17) is 0 Å². The van der Waals surface area contributed by atoms with Crippen molar-refractivity contribution >= 4 is 22.7 Å².